The van der Waals surface area contributed by atoms with E-state index in [9.17, 15) is 0 Å². The van der Waals surface area contributed by atoms with E-state index in [0.717, 1.165) is 33.0 Å². The fourth-order valence-corrected chi connectivity index (χ4v) is 2.44. The Balaban J connectivity index is 2.23. The zero-order valence-corrected chi connectivity index (χ0v) is 11.0. The number of imidazole rings is 1. The maximum atomic E-state index is 6.27. The zero-order chi connectivity index (χ0) is 12.7. The maximum absolute atomic E-state index is 6.27. The molecule has 0 saturated carbocycles. The van der Waals surface area contributed by atoms with Gasteiger partial charge in [-0.25, -0.2) is 4.98 Å². The Kier molecular flexibility index (Phi) is 2.60. The summed E-state index contributed by atoms with van der Waals surface area (Å²) in [6, 6.07) is 12.1. The molecular formula is C15H13ClN2. The lowest BCUT2D eigenvalue weighted by molar-refractivity contribution is 1.32. The third-order valence-electron chi connectivity index (χ3n) is 3.09. The quantitative estimate of drug-likeness (QED) is 0.682. The molecule has 0 radical (unpaired) electrons. The highest BCUT2D eigenvalue weighted by molar-refractivity contribution is 6.33. The number of rotatable bonds is 1. The van der Waals surface area contributed by atoms with Crippen LogP contribution in [0.3, 0.4) is 0 Å². The Morgan fingerprint density at radius 1 is 1.11 bits per heavy atom. The molecule has 0 bridgehead atoms. The molecule has 1 aromatic heterocycles. The highest BCUT2D eigenvalue weighted by Gasteiger charge is 2.09. The summed E-state index contributed by atoms with van der Waals surface area (Å²) in [4.78, 5) is 7.95. The number of benzene rings is 2. The first-order valence-corrected chi connectivity index (χ1v) is 6.25. The number of hydrogen-bond acceptors (Lipinski definition) is 1. The van der Waals surface area contributed by atoms with Crippen molar-refractivity contribution in [3.05, 3.63) is 52.5 Å². The van der Waals surface area contributed by atoms with E-state index in [1.165, 1.54) is 5.56 Å². The van der Waals surface area contributed by atoms with E-state index in [1.807, 2.05) is 37.3 Å². The minimum atomic E-state index is 0.728. The van der Waals surface area contributed by atoms with Crippen LogP contribution in [-0.2, 0) is 0 Å². The first-order valence-electron chi connectivity index (χ1n) is 5.87. The smallest absolute Gasteiger partial charge is 0.140 e. The van der Waals surface area contributed by atoms with Gasteiger partial charge < -0.3 is 4.98 Å². The van der Waals surface area contributed by atoms with E-state index in [1.54, 1.807) is 0 Å². The van der Waals surface area contributed by atoms with Crippen molar-refractivity contribution in [2.45, 2.75) is 13.8 Å². The van der Waals surface area contributed by atoms with Crippen LogP contribution in [0.15, 0.2) is 36.4 Å². The molecule has 18 heavy (non-hydrogen) atoms. The number of fused-ring (bicyclic) bond motifs is 1. The van der Waals surface area contributed by atoms with Crippen molar-refractivity contribution in [1.29, 1.82) is 0 Å². The number of aromatic amines is 1. The third kappa shape index (κ3) is 1.79. The van der Waals surface area contributed by atoms with Crippen molar-refractivity contribution in [2.24, 2.45) is 0 Å². The van der Waals surface area contributed by atoms with Crippen LogP contribution in [0.5, 0.6) is 0 Å². The molecule has 0 fully saturated rings. The van der Waals surface area contributed by atoms with Gasteiger partial charge in [0.1, 0.15) is 5.82 Å². The monoisotopic (exact) mass is 256 g/mol. The first kappa shape index (κ1) is 11.3. The van der Waals surface area contributed by atoms with E-state index in [4.69, 9.17) is 11.6 Å². The number of aromatic nitrogens is 2. The third-order valence-corrected chi connectivity index (χ3v) is 3.41. The standard InChI is InChI=1S/C15H13ClN2/c1-9-6-7-11(12(16)8-9)15-17-13-5-3-4-10(2)14(13)18-15/h3-8H,1-2H3,(H,17,18). The summed E-state index contributed by atoms with van der Waals surface area (Å²) in [5, 5.41) is 0.728. The lowest BCUT2D eigenvalue weighted by Crippen LogP contribution is -1.83. The number of nitrogens with zero attached hydrogens (tertiary/aromatic N) is 1. The number of nitrogens with one attached hydrogen (secondary N) is 1. The van der Waals surface area contributed by atoms with Crippen LogP contribution in [0.4, 0.5) is 0 Å². The predicted octanol–water partition coefficient (Wildman–Crippen LogP) is 4.50. The van der Waals surface area contributed by atoms with E-state index < -0.39 is 0 Å². The Hall–Kier alpha value is -1.80. The molecule has 0 aliphatic carbocycles. The Labute approximate surface area is 111 Å². The van der Waals surface area contributed by atoms with Gasteiger partial charge in [0.05, 0.1) is 16.1 Å². The largest absolute Gasteiger partial charge is 0.338 e. The summed E-state index contributed by atoms with van der Waals surface area (Å²) in [6.07, 6.45) is 0. The Morgan fingerprint density at radius 2 is 1.94 bits per heavy atom. The predicted molar refractivity (Wildman–Crippen MR) is 76.0 cm³/mol. The number of para-hydroxylation sites is 1. The van der Waals surface area contributed by atoms with Gasteiger partial charge in [-0.2, -0.15) is 0 Å². The van der Waals surface area contributed by atoms with E-state index in [-0.39, 0.29) is 0 Å². The molecule has 2 nitrogen and oxygen atoms in total. The second-order valence-electron chi connectivity index (χ2n) is 4.54. The molecule has 0 spiro atoms. The van der Waals surface area contributed by atoms with Gasteiger partial charge in [-0.1, -0.05) is 29.8 Å². The van der Waals surface area contributed by atoms with E-state index in [2.05, 4.69) is 23.0 Å². The van der Waals surface area contributed by atoms with Gasteiger partial charge in [0, 0.05) is 5.56 Å². The molecular weight excluding hydrogens is 244 g/mol. The van der Waals surface area contributed by atoms with Crippen molar-refractivity contribution in [2.75, 3.05) is 0 Å². The average Bonchev–Trinajstić information content (AvgIpc) is 2.74. The van der Waals surface area contributed by atoms with Gasteiger partial charge in [-0.3, -0.25) is 0 Å². The van der Waals surface area contributed by atoms with Crippen molar-refractivity contribution in [3.63, 3.8) is 0 Å². The molecule has 0 unspecified atom stereocenters. The summed E-state index contributed by atoms with van der Waals surface area (Å²) < 4.78 is 0. The molecule has 0 aliphatic rings. The van der Waals surface area contributed by atoms with Gasteiger partial charge in [0.2, 0.25) is 0 Å². The molecule has 0 saturated heterocycles. The average molecular weight is 257 g/mol. The van der Waals surface area contributed by atoms with Gasteiger partial charge >= 0.3 is 0 Å². The highest BCUT2D eigenvalue weighted by atomic mass is 35.5. The normalized spacial score (nSPS) is 11.1. The molecule has 1 N–H and O–H groups in total. The number of aryl methyl sites for hydroxylation is 2. The van der Waals surface area contributed by atoms with Gasteiger partial charge in [-0.05, 0) is 43.2 Å². The highest BCUT2D eigenvalue weighted by Crippen LogP contribution is 2.28. The number of H-pyrrole nitrogens is 1. The second-order valence-corrected chi connectivity index (χ2v) is 4.95. The lowest BCUT2D eigenvalue weighted by Gasteiger charge is -2.01. The minimum absolute atomic E-state index is 0.728. The molecule has 3 aromatic rings. The fraction of sp³-hybridized carbons (Fsp3) is 0.133. The van der Waals surface area contributed by atoms with E-state index >= 15 is 0 Å². The molecule has 90 valence electrons. The van der Waals surface area contributed by atoms with Crippen LogP contribution in [0, 0.1) is 13.8 Å². The summed E-state index contributed by atoms with van der Waals surface area (Å²) in [7, 11) is 0. The minimum Gasteiger partial charge on any atom is -0.338 e. The van der Waals surface area contributed by atoms with Crippen LogP contribution < -0.4 is 0 Å². The molecule has 1 heterocycles. The van der Waals surface area contributed by atoms with Gasteiger partial charge in [0.15, 0.2) is 0 Å². The van der Waals surface area contributed by atoms with Crippen LogP contribution in [0.2, 0.25) is 5.02 Å². The summed E-state index contributed by atoms with van der Waals surface area (Å²) in [5.41, 5.74) is 5.30. The maximum Gasteiger partial charge on any atom is 0.140 e. The molecule has 3 heteroatoms. The topological polar surface area (TPSA) is 28.7 Å². The molecule has 3 rings (SSSR count). The molecule has 0 atom stereocenters. The van der Waals surface area contributed by atoms with Crippen LogP contribution in [0.1, 0.15) is 11.1 Å². The summed E-state index contributed by atoms with van der Waals surface area (Å²) in [5.74, 6) is 0.823. The molecule has 0 aliphatic heterocycles. The lowest BCUT2D eigenvalue weighted by atomic mass is 10.1. The second kappa shape index (κ2) is 4.14. The van der Waals surface area contributed by atoms with Crippen LogP contribution in [0.25, 0.3) is 22.4 Å². The molecule has 2 aromatic carbocycles. The van der Waals surface area contributed by atoms with Crippen molar-refractivity contribution < 1.29 is 0 Å². The Bertz CT molecular complexity index is 728. The van der Waals surface area contributed by atoms with Crippen molar-refractivity contribution in [1.82, 2.24) is 9.97 Å². The van der Waals surface area contributed by atoms with Gasteiger partial charge in [0.25, 0.3) is 0 Å². The number of halogens is 1. The van der Waals surface area contributed by atoms with Crippen molar-refractivity contribution >= 4 is 22.6 Å². The van der Waals surface area contributed by atoms with Crippen LogP contribution >= 0.6 is 11.6 Å². The Morgan fingerprint density at radius 3 is 2.67 bits per heavy atom. The fourth-order valence-electron chi connectivity index (χ4n) is 2.12. The SMILES string of the molecule is Cc1ccc(-c2nc3c(C)cccc3[nH]2)c(Cl)c1. The first-order chi connectivity index (χ1) is 8.65. The van der Waals surface area contributed by atoms with Gasteiger partial charge in [-0.15, -0.1) is 0 Å². The van der Waals surface area contributed by atoms with E-state index in [0.29, 0.717) is 0 Å². The zero-order valence-electron chi connectivity index (χ0n) is 10.3. The number of hydrogen-bond donors (Lipinski definition) is 1. The summed E-state index contributed by atoms with van der Waals surface area (Å²) >= 11 is 6.27. The summed E-state index contributed by atoms with van der Waals surface area (Å²) in [6.45, 7) is 4.09. The van der Waals surface area contributed by atoms with Crippen LogP contribution in [-0.4, -0.2) is 9.97 Å². The van der Waals surface area contributed by atoms with Crippen molar-refractivity contribution in [3.8, 4) is 11.4 Å². The molecule has 0 amide bonds.